The number of ether oxygens (including phenoxy) is 1. The number of hydrogen-bond acceptors (Lipinski definition) is 6. The molecule has 1 heterocycles. The van der Waals surface area contributed by atoms with Crippen LogP contribution in [0, 0.1) is 0 Å². The Labute approximate surface area is 259 Å². The standard InChI is InChI=1S/C34H38N4O5S/c1-3-37-44(41,42)31-16-11-26(12-17-31)13-18-33(39)38(25-29-9-14-30(43-2)15-10-29)32(23-27-7-5-4-6-8-27)34(40)36-24-28-19-21-35-22-20-28/h4-12,14-17,19-22,32,37H,3,13,18,23-25H2,1-2H3,(H,36,40). The first-order valence-electron chi connectivity index (χ1n) is 14.5. The third-order valence-electron chi connectivity index (χ3n) is 7.19. The number of carbonyl (C=O) groups is 2. The van der Waals surface area contributed by atoms with Gasteiger partial charge in [-0.25, -0.2) is 13.1 Å². The molecule has 2 amide bonds. The number of pyridine rings is 1. The first-order chi connectivity index (χ1) is 21.3. The zero-order valence-corrected chi connectivity index (χ0v) is 25.8. The van der Waals surface area contributed by atoms with Crippen LogP contribution in [0.1, 0.15) is 35.6 Å². The van der Waals surface area contributed by atoms with Gasteiger partial charge in [-0.3, -0.25) is 14.6 Å². The van der Waals surface area contributed by atoms with Crippen molar-refractivity contribution in [3.63, 3.8) is 0 Å². The molecule has 2 N–H and O–H groups in total. The third kappa shape index (κ3) is 9.23. The van der Waals surface area contributed by atoms with Gasteiger partial charge in [0.05, 0.1) is 12.0 Å². The molecule has 0 bridgehead atoms. The Kier molecular flexibility index (Phi) is 11.6. The minimum atomic E-state index is -3.57. The van der Waals surface area contributed by atoms with E-state index in [9.17, 15) is 18.0 Å². The van der Waals surface area contributed by atoms with Gasteiger partial charge >= 0.3 is 0 Å². The van der Waals surface area contributed by atoms with Crippen molar-refractivity contribution in [2.45, 2.75) is 50.2 Å². The molecular formula is C34H38N4O5S. The second-order valence-corrected chi connectivity index (χ2v) is 12.1. The molecule has 3 aromatic carbocycles. The fourth-order valence-corrected chi connectivity index (χ4v) is 5.83. The lowest BCUT2D eigenvalue weighted by Crippen LogP contribution is -2.50. The highest BCUT2D eigenvalue weighted by Gasteiger charge is 2.30. The Balaban J connectivity index is 1.59. The van der Waals surface area contributed by atoms with Gasteiger partial charge in [0.25, 0.3) is 0 Å². The summed E-state index contributed by atoms with van der Waals surface area (Å²) < 4.78 is 32.4. The summed E-state index contributed by atoms with van der Waals surface area (Å²) in [6.07, 6.45) is 4.20. The molecule has 0 aliphatic heterocycles. The number of rotatable bonds is 15. The molecule has 0 aliphatic rings. The van der Waals surface area contributed by atoms with Crippen molar-refractivity contribution in [3.8, 4) is 5.75 Å². The van der Waals surface area contributed by atoms with Crippen molar-refractivity contribution in [1.82, 2.24) is 19.9 Å². The quantitative estimate of drug-likeness (QED) is 0.207. The smallest absolute Gasteiger partial charge is 0.243 e. The van der Waals surface area contributed by atoms with E-state index in [1.54, 1.807) is 43.5 Å². The molecular weight excluding hydrogens is 576 g/mol. The zero-order chi connectivity index (χ0) is 31.4. The van der Waals surface area contributed by atoms with Crippen molar-refractivity contribution < 1.29 is 22.7 Å². The third-order valence-corrected chi connectivity index (χ3v) is 8.76. The number of amides is 2. The van der Waals surface area contributed by atoms with Gasteiger partial charge in [-0.2, -0.15) is 0 Å². The predicted octanol–water partition coefficient (Wildman–Crippen LogP) is 4.28. The van der Waals surface area contributed by atoms with E-state index in [1.807, 2.05) is 66.7 Å². The fraction of sp³-hybridized carbons (Fsp3) is 0.265. The van der Waals surface area contributed by atoms with Crippen LogP contribution < -0.4 is 14.8 Å². The van der Waals surface area contributed by atoms with Crippen LogP contribution >= 0.6 is 0 Å². The van der Waals surface area contributed by atoms with E-state index in [-0.39, 0.29) is 29.7 Å². The van der Waals surface area contributed by atoms with E-state index in [2.05, 4.69) is 15.0 Å². The van der Waals surface area contributed by atoms with Gasteiger partial charge in [0.15, 0.2) is 0 Å². The van der Waals surface area contributed by atoms with Crippen molar-refractivity contribution >= 4 is 21.8 Å². The summed E-state index contributed by atoms with van der Waals surface area (Å²) in [6.45, 7) is 2.55. The Morgan fingerprint density at radius 1 is 0.841 bits per heavy atom. The highest BCUT2D eigenvalue weighted by Crippen LogP contribution is 2.20. The molecule has 44 heavy (non-hydrogen) atoms. The molecule has 0 fully saturated rings. The van der Waals surface area contributed by atoms with Crippen molar-refractivity contribution in [3.05, 3.63) is 126 Å². The highest BCUT2D eigenvalue weighted by molar-refractivity contribution is 7.89. The Morgan fingerprint density at radius 2 is 1.50 bits per heavy atom. The number of nitrogens with zero attached hydrogens (tertiary/aromatic N) is 2. The number of hydrogen-bond donors (Lipinski definition) is 2. The van der Waals surface area contributed by atoms with E-state index in [4.69, 9.17) is 4.74 Å². The first kappa shape index (κ1) is 32.4. The maximum absolute atomic E-state index is 14.0. The SMILES string of the molecule is CCNS(=O)(=O)c1ccc(CCC(=O)N(Cc2ccc(OC)cc2)C(Cc2ccccc2)C(=O)NCc2ccncc2)cc1. The van der Waals surface area contributed by atoms with Crippen LogP contribution in [-0.4, -0.2) is 49.8 Å². The van der Waals surface area contributed by atoms with Crippen LogP contribution in [0.4, 0.5) is 0 Å². The topological polar surface area (TPSA) is 118 Å². The number of methoxy groups -OCH3 is 1. The first-order valence-corrected chi connectivity index (χ1v) is 16.0. The Hall–Kier alpha value is -4.54. The summed E-state index contributed by atoms with van der Waals surface area (Å²) in [7, 11) is -1.98. The van der Waals surface area contributed by atoms with Gasteiger partial charge < -0.3 is 15.0 Å². The van der Waals surface area contributed by atoms with Crippen LogP contribution in [-0.2, 0) is 45.5 Å². The maximum Gasteiger partial charge on any atom is 0.243 e. The summed E-state index contributed by atoms with van der Waals surface area (Å²) in [5.41, 5.74) is 3.51. The van der Waals surface area contributed by atoms with E-state index in [0.29, 0.717) is 31.7 Å². The molecule has 10 heteroatoms. The molecule has 0 radical (unpaired) electrons. The molecule has 0 spiro atoms. The second-order valence-electron chi connectivity index (χ2n) is 10.3. The molecule has 4 rings (SSSR count). The summed E-state index contributed by atoms with van der Waals surface area (Å²) >= 11 is 0. The van der Waals surface area contributed by atoms with Crippen LogP contribution in [0.5, 0.6) is 5.75 Å². The summed E-state index contributed by atoms with van der Waals surface area (Å²) in [4.78, 5) is 33.6. The molecule has 230 valence electrons. The van der Waals surface area contributed by atoms with Crippen molar-refractivity contribution in [2.24, 2.45) is 0 Å². The summed E-state index contributed by atoms with van der Waals surface area (Å²) in [5.74, 6) is 0.248. The predicted molar refractivity (Wildman–Crippen MR) is 169 cm³/mol. The second kappa shape index (κ2) is 15.8. The lowest BCUT2D eigenvalue weighted by molar-refractivity contribution is -0.141. The van der Waals surface area contributed by atoms with Gasteiger partial charge in [-0.15, -0.1) is 0 Å². The largest absolute Gasteiger partial charge is 0.497 e. The van der Waals surface area contributed by atoms with Crippen LogP contribution in [0.3, 0.4) is 0 Å². The van der Waals surface area contributed by atoms with Gasteiger partial charge in [0.2, 0.25) is 21.8 Å². The molecule has 1 unspecified atom stereocenters. The van der Waals surface area contributed by atoms with E-state index in [0.717, 1.165) is 22.3 Å². The van der Waals surface area contributed by atoms with Crippen LogP contribution in [0.15, 0.2) is 108 Å². The number of benzene rings is 3. The number of carbonyl (C=O) groups excluding carboxylic acids is 2. The normalized spacial score (nSPS) is 11.9. The Morgan fingerprint density at radius 3 is 2.14 bits per heavy atom. The van der Waals surface area contributed by atoms with Crippen molar-refractivity contribution in [1.29, 1.82) is 0 Å². The highest BCUT2D eigenvalue weighted by atomic mass is 32.2. The van der Waals surface area contributed by atoms with Crippen molar-refractivity contribution in [2.75, 3.05) is 13.7 Å². The monoisotopic (exact) mass is 614 g/mol. The number of sulfonamides is 1. The minimum Gasteiger partial charge on any atom is -0.497 e. The number of aryl methyl sites for hydroxylation is 1. The van der Waals surface area contributed by atoms with Gasteiger partial charge in [-0.1, -0.05) is 61.5 Å². The molecule has 4 aromatic rings. The van der Waals surface area contributed by atoms with Crippen LogP contribution in [0.25, 0.3) is 0 Å². The Bertz CT molecular complexity index is 1600. The van der Waals surface area contributed by atoms with Gasteiger partial charge in [0.1, 0.15) is 11.8 Å². The fourth-order valence-electron chi connectivity index (χ4n) is 4.79. The van der Waals surface area contributed by atoms with E-state index >= 15 is 0 Å². The summed E-state index contributed by atoms with van der Waals surface area (Å²) in [5, 5.41) is 3.02. The molecule has 0 aliphatic carbocycles. The van der Waals surface area contributed by atoms with E-state index in [1.165, 1.54) is 12.1 Å². The molecule has 1 aromatic heterocycles. The molecule has 1 atom stereocenters. The number of aromatic nitrogens is 1. The lowest BCUT2D eigenvalue weighted by Gasteiger charge is -2.32. The maximum atomic E-state index is 14.0. The summed E-state index contributed by atoms with van der Waals surface area (Å²) in [6, 6.07) is 26.5. The lowest BCUT2D eigenvalue weighted by atomic mass is 10.0. The van der Waals surface area contributed by atoms with Gasteiger partial charge in [0, 0.05) is 44.9 Å². The molecule has 0 saturated carbocycles. The van der Waals surface area contributed by atoms with Crippen LogP contribution in [0.2, 0.25) is 0 Å². The zero-order valence-electron chi connectivity index (χ0n) is 25.0. The minimum absolute atomic E-state index is 0.137. The van der Waals surface area contributed by atoms with Gasteiger partial charge in [-0.05, 0) is 65.1 Å². The number of nitrogens with one attached hydrogen (secondary N) is 2. The average molecular weight is 615 g/mol. The van der Waals surface area contributed by atoms with E-state index < -0.39 is 16.1 Å². The molecule has 0 saturated heterocycles. The average Bonchev–Trinajstić information content (AvgIpc) is 3.05. The molecule has 9 nitrogen and oxygen atoms in total.